The summed E-state index contributed by atoms with van der Waals surface area (Å²) < 4.78 is 0. The Morgan fingerprint density at radius 3 is 2.45 bits per heavy atom. The molecule has 108 valence electrons. The van der Waals surface area contributed by atoms with Crippen LogP contribution in [-0.4, -0.2) is 29.8 Å². The first-order valence-electron chi connectivity index (χ1n) is 6.66. The number of hydrogen-bond acceptors (Lipinski definition) is 2. The largest absolute Gasteiger partial charge is 0.369 e. The third-order valence-electron chi connectivity index (χ3n) is 4.00. The lowest BCUT2D eigenvalue weighted by Gasteiger charge is -2.18. The van der Waals surface area contributed by atoms with E-state index in [9.17, 15) is 9.59 Å². The minimum absolute atomic E-state index is 0.0575. The van der Waals surface area contributed by atoms with E-state index in [2.05, 4.69) is 0 Å². The molecule has 1 heterocycles. The molecule has 0 aromatic heterocycles. The van der Waals surface area contributed by atoms with Crippen molar-refractivity contribution in [2.24, 2.45) is 17.6 Å². The summed E-state index contributed by atoms with van der Waals surface area (Å²) in [5, 5.41) is 0.656. The zero-order valence-corrected chi connectivity index (χ0v) is 12.7. The summed E-state index contributed by atoms with van der Waals surface area (Å²) in [6.45, 7) is 6.65. The smallest absolute Gasteiger partial charge is 0.254 e. The predicted molar refractivity (Wildman–Crippen MR) is 78.7 cm³/mol. The van der Waals surface area contributed by atoms with Crippen molar-refractivity contribution in [1.29, 1.82) is 0 Å². The first kappa shape index (κ1) is 14.9. The summed E-state index contributed by atoms with van der Waals surface area (Å²) in [5.41, 5.74) is 7.73. The monoisotopic (exact) mass is 294 g/mol. The Labute approximate surface area is 123 Å². The van der Waals surface area contributed by atoms with Gasteiger partial charge in [-0.3, -0.25) is 9.59 Å². The molecule has 4 nitrogen and oxygen atoms in total. The highest BCUT2D eigenvalue weighted by atomic mass is 35.5. The Hall–Kier alpha value is -1.55. The molecule has 1 aromatic rings. The van der Waals surface area contributed by atoms with Crippen LogP contribution in [0, 0.1) is 25.7 Å². The fourth-order valence-corrected chi connectivity index (χ4v) is 2.90. The third kappa shape index (κ3) is 2.66. The lowest BCUT2D eigenvalue weighted by atomic mass is 9.98. The molecule has 0 bridgehead atoms. The molecule has 0 unspecified atom stereocenters. The second kappa shape index (κ2) is 5.44. The van der Waals surface area contributed by atoms with Gasteiger partial charge in [-0.1, -0.05) is 18.5 Å². The number of rotatable bonds is 2. The van der Waals surface area contributed by atoms with Crippen molar-refractivity contribution in [3.8, 4) is 0 Å². The zero-order chi connectivity index (χ0) is 15.0. The standard InChI is InChI=1S/C15H19ClN2O2/c1-8-5-13(16)9(2)4-11(8)15(20)18-6-10(3)12(7-18)14(17)19/h4-5,10,12H,6-7H2,1-3H3,(H2,17,19)/t10-,12-/m1/s1. The van der Waals surface area contributed by atoms with E-state index < -0.39 is 0 Å². The molecular weight excluding hydrogens is 276 g/mol. The number of likely N-dealkylation sites (tertiary alicyclic amines) is 1. The van der Waals surface area contributed by atoms with Crippen LogP contribution in [0.4, 0.5) is 0 Å². The number of aryl methyl sites for hydroxylation is 2. The van der Waals surface area contributed by atoms with Crippen LogP contribution < -0.4 is 5.73 Å². The van der Waals surface area contributed by atoms with Gasteiger partial charge in [0, 0.05) is 23.7 Å². The number of primary amides is 1. The van der Waals surface area contributed by atoms with Gasteiger partial charge in [-0.05, 0) is 43.0 Å². The van der Waals surface area contributed by atoms with Crippen LogP contribution in [0.5, 0.6) is 0 Å². The SMILES string of the molecule is Cc1cc(C(=O)N2C[C@@H](C)[C@H](C(N)=O)C2)c(C)cc1Cl. The van der Waals surface area contributed by atoms with Crippen LogP contribution in [0.1, 0.15) is 28.4 Å². The van der Waals surface area contributed by atoms with Gasteiger partial charge in [-0.15, -0.1) is 0 Å². The summed E-state index contributed by atoms with van der Waals surface area (Å²) in [5.74, 6) is -0.549. The van der Waals surface area contributed by atoms with Crippen LogP contribution >= 0.6 is 11.6 Å². The summed E-state index contributed by atoms with van der Waals surface area (Å²) >= 11 is 6.05. The number of benzene rings is 1. The second-order valence-corrected chi connectivity index (χ2v) is 6.02. The van der Waals surface area contributed by atoms with Crippen molar-refractivity contribution < 1.29 is 9.59 Å². The molecule has 1 aliphatic rings. The van der Waals surface area contributed by atoms with Gasteiger partial charge in [0.05, 0.1) is 5.92 Å². The van der Waals surface area contributed by atoms with Crippen LogP contribution in [0.2, 0.25) is 5.02 Å². The summed E-state index contributed by atoms with van der Waals surface area (Å²) in [6, 6.07) is 3.61. The highest BCUT2D eigenvalue weighted by molar-refractivity contribution is 6.31. The number of carbonyl (C=O) groups excluding carboxylic acids is 2. The first-order chi connectivity index (χ1) is 9.31. The van der Waals surface area contributed by atoms with E-state index in [1.165, 1.54) is 0 Å². The molecule has 1 saturated heterocycles. The summed E-state index contributed by atoms with van der Waals surface area (Å²) in [6.07, 6.45) is 0. The minimum Gasteiger partial charge on any atom is -0.369 e. The average molecular weight is 295 g/mol. The van der Waals surface area contributed by atoms with Gasteiger partial charge in [0.25, 0.3) is 5.91 Å². The van der Waals surface area contributed by atoms with Gasteiger partial charge in [0.2, 0.25) is 5.91 Å². The second-order valence-electron chi connectivity index (χ2n) is 5.61. The summed E-state index contributed by atoms with van der Waals surface area (Å²) in [7, 11) is 0. The van der Waals surface area contributed by atoms with Crippen molar-refractivity contribution in [3.05, 3.63) is 33.8 Å². The lowest BCUT2D eigenvalue weighted by molar-refractivity contribution is -0.122. The van der Waals surface area contributed by atoms with Crippen molar-refractivity contribution in [2.45, 2.75) is 20.8 Å². The number of amides is 2. The quantitative estimate of drug-likeness (QED) is 0.908. The maximum Gasteiger partial charge on any atom is 0.254 e. The number of carbonyl (C=O) groups is 2. The maximum absolute atomic E-state index is 12.6. The van der Waals surface area contributed by atoms with Crippen LogP contribution in [-0.2, 0) is 4.79 Å². The lowest BCUT2D eigenvalue weighted by Crippen LogP contribution is -2.32. The normalized spacial score (nSPS) is 22.1. The van der Waals surface area contributed by atoms with Gasteiger partial charge < -0.3 is 10.6 Å². The first-order valence-corrected chi connectivity index (χ1v) is 7.04. The van der Waals surface area contributed by atoms with Gasteiger partial charge >= 0.3 is 0 Å². The van der Waals surface area contributed by atoms with Crippen LogP contribution in [0.3, 0.4) is 0 Å². The van der Waals surface area contributed by atoms with E-state index in [1.807, 2.05) is 26.8 Å². The molecule has 2 rings (SSSR count). The van der Waals surface area contributed by atoms with E-state index in [4.69, 9.17) is 17.3 Å². The zero-order valence-electron chi connectivity index (χ0n) is 11.9. The highest BCUT2D eigenvalue weighted by Gasteiger charge is 2.36. The predicted octanol–water partition coefficient (Wildman–Crippen LogP) is 2.15. The molecule has 2 amide bonds. The molecule has 0 aliphatic carbocycles. The van der Waals surface area contributed by atoms with E-state index in [1.54, 1.807) is 11.0 Å². The molecule has 20 heavy (non-hydrogen) atoms. The molecule has 5 heteroatoms. The summed E-state index contributed by atoms with van der Waals surface area (Å²) in [4.78, 5) is 25.6. The number of nitrogens with zero attached hydrogens (tertiary/aromatic N) is 1. The van der Waals surface area contributed by atoms with E-state index in [-0.39, 0.29) is 23.7 Å². The van der Waals surface area contributed by atoms with Gasteiger partial charge in [-0.2, -0.15) is 0 Å². The van der Waals surface area contributed by atoms with Gasteiger partial charge in [0.1, 0.15) is 0 Å². The molecule has 1 fully saturated rings. The van der Waals surface area contributed by atoms with E-state index in [0.29, 0.717) is 23.7 Å². The molecule has 0 spiro atoms. The highest BCUT2D eigenvalue weighted by Crippen LogP contribution is 2.27. The third-order valence-corrected chi connectivity index (χ3v) is 4.41. The molecular formula is C15H19ClN2O2. The number of nitrogens with two attached hydrogens (primary N) is 1. The van der Waals surface area contributed by atoms with E-state index in [0.717, 1.165) is 11.1 Å². The van der Waals surface area contributed by atoms with Crippen LogP contribution in [0.25, 0.3) is 0 Å². The van der Waals surface area contributed by atoms with E-state index >= 15 is 0 Å². The Bertz CT molecular complexity index is 571. The fraction of sp³-hybridized carbons (Fsp3) is 0.467. The minimum atomic E-state index is -0.336. The fourth-order valence-electron chi connectivity index (χ4n) is 2.68. The van der Waals surface area contributed by atoms with Gasteiger partial charge in [-0.25, -0.2) is 0 Å². The molecule has 1 aliphatic heterocycles. The van der Waals surface area contributed by atoms with Crippen molar-refractivity contribution >= 4 is 23.4 Å². The molecule has 2 N–H and O–H groups in total. The average Bonchev–Trinajstić information content (AvgIpc) is 2.75. The Morgan fingerprint density at radius 1 is 1.25 bits per heavy atom. The van der Waals surface area contributed by atoms with Crippen molar-refractivity contribution in [1.82, 2.24) is 4.90 Å². The molecule has 1 aromatic carbocycles. The number of hydrogen-bond donors (Lipinski definition) is 1. The van der Waals surface area contributed by atoms with Crippen LogP contribution in [0.15, 0.2) is 12.1 Å². The van der Waals surface area contributed by atoms with Gasteiger partial charge in [0.15, 0.2) is 0 Å². The Kier molecular flexibility index (Phi) is 4.04. The van der Waals surface area contributed by atoms with Crippen molar-refractivity contribution in [2.75, 3.05) is 13.1 Å². The topological polar surface area (TPSA) is 63.4 Å². The molecule has 0 saturated carbocycles. The molecule has 2 atom stereocenters. The Balaban J connectivity index is 2.25. The van der Waals surface area contributed by atoms with Crippen molar-refractivity contribution in [3.63, 3.8) is 0 Å². The number of halogens is 1. The molecule has 0 radical (unpaired) electrons. The maximum atomic E-state index is 12.6. The Morgan fingerprint density at radius 2 is 1.90 bits per heavy atom.